The van der Waals surface area contributed by atoms with Gasteiger partial charge in [0, 0.05) is 12.4 Å². The number of aliphatic carboxylic acids is 1. The summed E-state index contributed by atoms with van der Waals surface area (Å²) in [6.07, 6.45) is 3.40. The summed E-state index contributed by atoms with van der Waals surface area (Å²) in [5.74, 6) is -0.870. The van der Waals surface area contributed by atoms with E-state index in [-0.39, 0.29) is 12.6 Å². The number of pyridine rings is 1. The van der Waals surface area contributed by atoms with Crippen LogP contribution in [0.4, 0.5) is 0 Å². The molecule has 0 aliphatic carbocycles. The van der Waals surface area contributed by atoms with Crippen LogP contribution in [0.3, 0.4) is 0 Å². The van der Waals surface area contributed by atoms with Crippen molar-refractivity contribution in [1.82, 2.24) is 10.3 Å². The number of rotatable bonds is 5. The van der Waals surface area contributed by atoms with E-state index in [2.05, 4.69) is 10.3 Å². The number of hydrogen-bond donors (Lipinski definition) is 2. The fraction of sp³-hybridized carbons (Fsp3) is 0.143. The first-order chi connectivity index (χ1) is 8.77. The van der Waals surface area contributed by atoms with E-state index in [0.717, 1.165) is 11.1 Å². The van der Waals surface area contributed by atoms with Crippen molar-refractivity contribution < 1.29 is 9.90 Å². The molecular weight excluding hydrogens is 228 g/mol. The minimum absolute atomic E-state index is 0.0815. The van der Waals surface area contributed by atoms with E-state index in [1.807, 2.05) is 42.5 Å². The molecule has 2 rings (SSSR count). The highest BCUT2D eigenvalue weighted by molar-refractivity contribution is 5.69. The Balaban J connectivity index is 2.26. The third kappa shape index (κ3) is 3.15. The second-order valence-electron chi connectivity index (χ2n) is 3.90. The van der Waals surface area contributed by atoms with Gasteiger partial charge in [-0.2, -0.15) is 0 Å². The normalized spacial score (nSPS) is 12.0. The number of carboxylic acids is 1. The minimum Gasteiger partial charge on any atom is -0.480 e. The zero-order chi connectivity index (χ0) is 12.8. The molecule has 2 aromatic rings. The molecule has 4 nitrogen and oxygen atoms in total. The summed E-state index contributed by atoms with van der Waals surface area (Å²) < 4.78 is 0. The van der Waals surface area contributed by atoms with Crippen LogP contribution in [-0.4, -0.2) is 22.6 Å². The van der Waals surface area contributed by atoms with Gasteiger partial charge in [-0.25, -0.2) is 0 Å². The first-order valence-corrected chi connectivity index (χ1v) is 5.67. The molecule has 0 aliphatic heterocycles. The van der Waals surface area contributed by atoms with E-state index < -0.39 is 5.97 Å². The molecule has 1 aromatic heterocycles. The van der Waals surface area contributed by atoms with Gasteiger partial charge in [-0.15, -0.1) is 0 Å². The van der Waals surface area contributed by atoms with Gasteiger partial charge in [-0.05, 0) is 23.3 Å². The van der Waals surface area contributed by atoms with Crippen molar-refractivity contribution in [3.05, 3.63) is 66.0 Å². The monoisotopic (exact) mass is 242 g/mol. The summed E-state index contributed by atoms with van der Waals surface area (Å²) in [5.41, 5.74) is 2.03. The van der Waals surface area contributed by atoms with Gasteiger partial charge in [0.15, 0.2) is 0 Å². The highest BCUT2D eigenvalue weighted by Gasteiger charge is 2.14. The average Bonchev–Trinajstić information content (AvgIpc) is 2.41. The van der Waals surface area contributed by atoms with Crippen LogP contribution in [0.2, 0.25) is 0 Å². The molecule has 18 heavy (non-hydrogen) atoms. The summed E-state index contributed by atoms with van der Waals surface area (Å²) in [6, 6.07) is 13.4. The van der Waals surface area contributed by atoms with E-state index in [1.54, 1.807) is 12.4 Å². The van der Waals surface area contributed by atoms with Crippen LogP contribution >= 0.6 is 0 Å². The lowest BCUT2D eigenvalue weighted by molar-refractivity contribution is -0.136. The molecule has 4 heteroatoms. The SMILES string of the molecule is O=C(O)CNC(c1ccccc1)c1ccncc1. The van der Waals surface area contributed by atoms with Crippen LogP contribution < -0.4 is 5.32 Å². The summed E-state index contributed by atoms with van der Waals surface area (Å²) in [7, 11) is 0. The molecule has 0 saturated heterocycles. The second-order valence-corrected chi connectivity index (χ2v) is 3.90. The highest BCUT2D eigenvalue weighted by Crippen LogP contribution is 2.20. The zero-order valence-electron chi connectivity index (χ0n) is 9.78. The van der Waals surface area contributed by atoms with Crippen LogP contribution in [0.1, 0.15) is 17.2 Å². The van der Waals surface area contributed by atoms with Gasteiger partial charge in [0.05, 0.1) is 12.6 Å². The van der Waals surface area contributed by atoms with Crippen molar-refractivity contribution >= 4 is 5.97 Å². The summed E-state index contributed by atoms with van der Waals surface area (Å²) in [5, 5.41) is 11.8. The summed E-state index contributed by atoms with van der Waals surface area (Å²) in [6.45, 7) is -0.0815. The molecule has 0 fully saturated rings. The van der Waals surface area contributed by atoms with Gasteiger partial charge in [-0.3, -0.25) is 15.1 Å². The lowest BCUT2D eigenvalue weighted by atomic mass is 10.00. The fourth-order valence-corrected chi connectivity index (χ4v) is 1.82. The van der Waals surface area contributed by atoms with E-state index in [9.17, 15) is 4.79 Å². The van der Waals surface area contributed by atoms with Gasteiger partial charge in [0.25, 0.3) is 0 Å². The fourth-order valence-electron chi connectivity index (χ4n) is 1.82. The third-order valence-corrected chi connectivity index (χ3v) is 2.63. The lowest BCUT2D eigenvalue weighted by Gasteiger charge is -2.18. The maximum absolute atomic E-state index is 10.7. The standard InChI is InChI=1S/C14H14N2O2/c17-13(18)10-16-14(11-4-2-1-3-5-11)12-6-8-15-9-7-12/h1-9,14,16H,10H2,(H,17,18). The summed E-state index contributed by atoms with van der Waals surface area (Å²) >= 11 is 0. The average molecular weight is 242 g/mol. The maximum atomic E-state index is 10.7. The van der Waals surface area contributed by atoms with Crippen LogP contribution in [0.25, 0.3) is 0 Å². The van der Waals surface area contributed by atoms with Crippen LogP contribution in [0, 0.1) is 0 Å². The zero-order valence-corrected chi connectivity index (χ0v) is 9.78. The number of nitrogens with one attached hydrogen (secondary N) is 1. The van der Waals surface area contributed by atoms with E-state index in [4.69, 9.17) is 5.11 Å². The van der Waals surface area contributed by atoms with E-state index >= 15 is 0 Å². The van der Waals surface area contributed by atoms with Gasteiger partial charge in [0.1, 0.15) is 0 Å². The molecule has 92 valence electrons. The number of carbonyl (C=O) groups is 1. The van der Waals surface area contributed by atoms with Crippen LogP contribution in [-0.2, 0) is 4.79 Å². The Hall–Kier alpha value is -2.20. The quantitative estimate of drug-likeness (QED) is 0.840. The molecule has 1 aromatic carbocycles. The van der Waals surface area contributed by atoms with Crippen molar-refractivity contribution in [2.45, 2.75) is 6.04 Å². The smallest absolute Gasteiger partial charge is 0.317 e. The number of hydrogen-bond acceptors (Lipinski definition) is 3. The maximum Gasteiger partial charge on any atom is 0.317 e. The topological polar surface area (TPSA) is 62.2 Å². The molecule has 0 bridgehead atoms. The Bertz CT molecular complexity index is 460. The lowest BCUT2D eigenvalue weighted by Crippen LogP contribution is -2.28. The van der Waals surface area contributed by atoms with Crippen molar-refractivity contribution in [3.8, 4) is 0 Å². The van der Waals surface area contributed by atoms with Crippen molar-refractivity contribution in [2.24, 2.45) is 0 Å². The van der Waals surface area contributed by atoms with E-state index in [1.165, 1.54) is 0 Å². The Kier molecular flexibility index (Phi) is 4.04. The molecule has 0 aliphatic rings. The Morgan fingerprint density at radius 2 is 1.72 bits per heavy atom. The van der Waals surface area contributed by atoms with Crippen LogP contribution in [0.5, 0.6) is 0 Å². The number of benzene rings is 1. The van der Waals surface area contributed by atoms with Gasteiger partial charge in [-0.1, -0.05) is 30.3 Å². The first-order valence-electron chi connectivity index (χ1n) is 5.67. The second kappa shape index (κ2) is 5.93. The molecule has 0 amide bonds. The van der Waals surface area contributed by atoms with Crippen molar-refractivity contribution in [2.75, 3.05) is 6.54 Å². The van der Waals surface area contributed by atoms with Gasteiger partial charge >= 0.3 is 5.97 Å². The molecule has 0 spiro atoms. The number of aromatic nitrogens is 1. The third-order valence-electron chi connectivity index (χ3n) is 2.63. The molecule has 0 radical (unpaired) electrons. The molecule has 2 N–H and O–H groups in total. The summed E-state index contributed by atoms with van der Waals surface area (Å²) in [4.78, 5) is 14.7. The first kappa shape index (κ1) is 12.3. The van der Waals surface area contributed by atoms with E-state index in [0.29, 0.717) is 0 Å². The van der Waals surface area contributed by atoms with Crippen molar-refractivity contribution in [1.29, 1.82) is 0 Å². The largest absolute Gasteiger partial charge is 0.480 e. The number of carboxylic acid groups (broad SMARTS) is 1. The molecular formula is C14H14N2O2. The molecule has 1 atom stereocenters. The number of nitrogens with zero attached hydrogens (tertiary/aromatic N) is 1. The van der Waals surface area contributed by atoms with Crippen LogP contribution in [0.15, 0.2) is 54.9 Å². The minimum atomic E-state index is -0.870. The molecule has 0 saturated carbocycles. The predicted octanol–water partition coefficient (Wildman–Crippen LogP) is 1.85. The highest BCUT2D eigenvalue weighted by atomic mass is 16.4. The molecule has 1 heterocycles. The van der Waals surface area contributed by atoms with Crippen molar-refractivity contribution in [3.63, 3.8) is 0 Å². The van der Waals surface area contributed by atoms with Gasteiger partial charge < -0.3 is 5.11 Å². The predicted molar refractivity (Wildman–Crippen MR) is 68.2 cm³/mol. The Morgan fingerprint density at radius 3 is 2.33 bits per heavy atom. The van der Waals surface area contributed by atoms with Gasteiger partial charge in [0.2, 0.25) is 0 Å². The Morgan fingerprint density at radius 1 is 1.11 bits per heavy atom. The Labute approximate surface area is 105 Å². The molecule has 1 unspecified atom stereocenters.